The molecule has 0 aromatic heterocycles. The van der Waals surface area contributed by atoms with Crippen LogP contribution in [0.3, 0.4) is 0 Å². The number of sulfone groups is 1. The van der Waals surface area contributed by atoms with E-state index in [0.29, 0.717) is 6.54 Å². The quantitative estimate of drug-likeness (QED) is 0.796. The normalized spacial score (nSPS) is 26.0. The van der Waals surface area contributed by atoms with E-state index < -0.39 is 9.84 Å². The van der Waals surface area contributed by atoms with Gasteiger partial charge in [-0.05, 0) is 24.9 Å². The third kappa shape index (κ3) is 4.23. The molecule has 138 valence electrons. The van der Waals surface area contributed by atoms with E-state index in [9.17, 15) is 13.2 Å². The Morgan fingerprint density at radius 3 is 2.48 bits per heavy atom. The second kappa shape index (κ2) is 7.46. The van der Waals surface area contributed by atoms with Crippen molar-refractivity contribution in [1.82, 2.24) is 9.80 Å². The fraction of sp³-hybridized carbons (Fsp3) is 0.632. The number of hydrogen-bond donors (Lipinski definition) is 0. The third-order valence-corrected chi connectivity index (χ3v) is 7.02. The summed E-state index contributed by atoms with van der Waals surface area (Å²) in [6, 6.07) is 10.1. The lowest BCUT2D eigenvalue weighted by Gasteiger charge is -2.44. The molecular weight excluding hydrogens is 336 g/mol. The number of hydrogen-bond acceptors (Lipinski definition) is 4. The molecule has 2 aliphatic rings. The summed E-state index contributed by atoms with van der Waals surface area (Å²) in [7, 11) is -3.07. The Morgan fingerprint density at radius 2 is 1.80 bits per heavy atom. The molecule has 0 aliphatic carbocycles. The van der Waals surface area contributed by atoms with Crippen molar-refractivity contribution in [2.45, 2.75) is 38.8 Å². The third-order valence-electron chi connectivity index (χ3n) is 5.32. The highest BCUT2D eigenvalue weighted by Crippen LogP contribution is 2.28. The summed E-state index contributed by atoms with van der Waals surface area (Å²) < 4.78 is 24.4. The van der Waals surface area contributed by atoms with Gasteiger partial charge < -0.3 is 4.90 Å². The van der Waals surface area contributed by atoms with Crippen molar-refractivity contribution < 1.29 is 13.2 Å². The summed E-state index contributed by atoms with van der Waals surface area (Å²) in [5.74, 6) is 0.292. The molecule has 2 aliphatic heterocycles. The van der Waals surface area contributed by atoms with Crippen LogP contribution < -0.4 is 0 Å². The summed E-state index contributed by atoms with van der Waals surface area (Å²) in [6.07, 6.45) is 2.00. The minimum absolute atomic E-state index is 0.0442. The second-order valence-electron chi connectivity index (χ2n) is 7.52. The second-order valence-corrected chi connectivity index (χ2v) is 9.68. The van der Waals surface area contributed by atoms with E-state index in [1.807, 2.05) is 36.9 Å². The molecule has 0 bridgehead atoms. The minimum Gasteiger partial charge on any atom is -0.336 e. The van der Waals surface area contributed by atoms with E-state index in [1.54, 1.807) is 0 Å². The van der Waals surface area contributed by atoms with Crippen LogP contribution in [0.2, 0.25) is 0 Å². The molecule has 0 N–H and O–H groups in total. The fourth-order valence-corrected chi connectivity index (χ4v) is 6.05. The van der Waals surface area contributed by atoms with E-state index in [4.69, 9.17) is 0 Å². The standard InChI is InChI=1S/C19H28N2O3S/c1-15(2)19(22)21-12-11-20(17-13-25(23,24)14-18(17)21)10-6-9-16-7-4-3-5-8-16/h3-5,7-8,15,17-18H,6,9-14H2,1-2H3/t17-,18+/m1/s1. The van der Waals surface area contributed by atoms with Gasteiger partial charge in [-0.25, -0.2) is 8.42 Å². The Balaban J connectivity index is 1.65. The lowest BCUT2D eigenvalue weighted by Crippen LogP contribution is -2.61. The molecule has 1 aromatic carbocycles. The van der Waals surface area contributed by atoms with Crippen LogP contribution in [0, 0.1) is 5.92 Å². The number of benzene rings is 1. The summed E-state index contributed by atoms with van der Waals surface area (Å²) in [6.45, 7) is 6.05. The molecule has 0 radical (unpaired) electrons. The molecule has 25 heavy (non-hydrogen) atoms. The van der Waals surface area contributed by atoms with Crippen molar-refractivity contribution in [3.05, 3.63) is 35.9 Å². The lowest BCUT2D eigenvalue weighted by atomic mass is 10.0. The van der Waals surface area contributed by atoms with Crippen molar-refractivity contribution in [2.75, 3.05) is 31.1 Å². The molecule has 1 aromatic rings. The smallest absolute Gasteiger partial charge is 0.225 e. The average molecular weight is 365 g/mol. The van der Waals surface area contributed by atoms with Gasteiger partial charge in [0, 0.05) is 25.0 Å². The number of nitrogens with zero attached hydrogens (tertiary/aromatic N) is 2. The van der Waals surface area contributed by atoms with E-state index in [0.717, 1.165) is 25.9 Å². The van der Waals surface area contributed by atoms with Gasteiger partial charge >= 0.3 is 0 Å². The Kier molecular flexibility index (Phi) is 5.49. The zero-order valence-corrected chi connectivity index (χ0v) is 15.9. The molecule has 6 heteroatoms. The molecule has 0 unspecified atom stereocenters. The van der Waals surface area contributed by atoms with Gasteiger partial charge in [-0.3, -0.25) is 9.69 Å². The van der Waals surface area contributed by atoms with Crippen LogP contribution in [0.1, 0.15) is 25.8 Å². The Morgan fingerprint density at radius 1 is 1.12 bits per heavy atom. The van der Waals surface area contributed by atoms with Crippen molar-refractivity contribution >= 4 is 15.7 Å². The van der Waals surface area contributed by atoms with Gasteiger partial charge in [0.1, 0.15) is 0 Å². The summed E-state index contributed by atoms with van der Waals surface area (Å²) in [4.78, 5) is 16.6. The van der Waals surface area contributed by atoms with Gasteiger partial charge in [0.25, 0.3) is 0 Å². The van der Waals surface area contributed by atoms with Crippen LogP contribution in [0.25, 0.3) is 0 Å². The molecule has 0 spiro atoms. The molecule has 1 amide bonds. The Bertz CT molecular complexity index is 703. The fourth-order valence-electron chi connectivity index (χ4n) is 4.04. The maximum Gasteiger partial charge on any atom is 0.225 e. The van der Waals surface area contributed by atoms with Gasteiger partial charge in [0.05, 0.1) is 17.5 Å². The van der Waals surface area contributed by atoms with Gasteiger partial charge in [-0.2, -0.15) is 0 Å². The first-order chi connectivity index (χ1) is 11.9. The monoisotopic (exact) mass is 364 g/mol. The van der Waals surface area contributed by atoms with Crippen LogP contribution >= 0.6 is 0 Å². The number of rotatable bonds is 5. The van der Waals surface area contributed by atoms with Gasteiger partial charge in [-0.15, -0.1) is 0 Å². The topological polar surface area (TPSA) is 57.7 Å². The van der Waals surface area contributed by atoms with Crippen LogP contribution in [0.15, 0.2) is 30.3 Å². The highest BCUT2D eigenvalue weighted by Gasteiger charge is 2.47. The predicted molar refractivity (Wildman–Crippen MR) is 99.1 cm³/mol. The number of fused-ring (bicyclic) bond motifs is 1. The molecule has 3 rings (SSSR count). The van der Waals surface area contributed by atoms with Crippen LogP contribution in [-0.2, 0) is 21.1 Å². The number of carbonyl (C=O) groups excluding carboxylic acids is 1. The van der Waals surface area contributed by atoms with Crippen molar-refractivity contribution in [3.63, 3.8) is 0 Å². The van der Waals surface area contributed by atoms with Crippen molar-refractivity contribution in [3.8, 4) is 0 Å². The summed E-state index contributed by atoms with van der Waals surface area (Å²) in [5.41, 5.74) is 1.31. The van der Waals surface area contributed by atoms with E-state index in [1.165, 1.54) is 5.56 Å². The molecule has 2 fully saturated rings. The van der Waals surface area contributed by atoms with Crippen LogP contribution in [-0.4, -0.2) is 67.3 Å². The van der Waals surface area contributed by atoms with E-state index in [2.05, 4.69) is 17.0 Å². The van der Waals surface area contributed by atoms with Crippen LogP contribution in [0.5, 0.6) is 0 Å². The Hall–Kier alpha value is -1.40. The first kappa shape index (κ1) is 18.4. The first-order valence-electron chi connectivity index (χ1n) is 9.16. The number of aryl methyl sites for hydroxylation is 1. The zero-order valence-electron chi connectivity index (χ0n) is 15.1. The number of amides is 1. The van der Waals surface area contributed by atoms with Gasteiger partial charge in [0.2, 0.25) is 5.91 Å². The molecule has 2 atom stereocenters. The summed E-state index contributed by atoms with van der Waals surface area (Å²) >= 11 is 0. The van der Waals surface area contributed by atoms with Crippen LogP contribution in [0.4, 0.5) is 0 Å². The maximum atomic E-state index is 12.5. The van der Waals surface area contributed by atoms with Gasteiger partial charge in [-0.1, -0.05) is 44.2 Å². The van der Waals surface area contributed by atoms with E-state index in [-0.39, 0.29) is 35.4 Å². The molecule has 2 saturated heterocycles. The zero-order chi connectivity index (χ0) is 18.0. The Labute approximate surface area is 150 Å². The number of carbonyl (C=O) groups is 1. The highest BCUT2D eigenvalue weighted by molar-refractivity contribution is 7.91. The minimum atomic E-state index is -3.07. The molecule has 2 heterocycles. The summed E-state index contributed by atoms with van der Waals surface area (Å²) in [5, 5.41) is 0. The molecule has 0 saturated carbocycles. The van der Waals surface area contributed by atoms with E-state index >= 15 is 0 Å². The predicted octanol–water partition coefficient (Wildman–Crippen LogP) is 1.58. The first-order valence-corrected chi connectivity index (χ1v) is 11.0. The van der Waals surface area contributed by atoms with Crippen molar-refractivity contribution in [2.24, 2.45) is 5.92 Å². The maximum absolute atomic E-state index is 12.5. The largest absolute Gasteiger partial charge is 0.336 e. The molecular formula is C19H28N2O3S. The van der Waals surface area contributed by atoms with Crippen molar-refractivity contribution in [1.29, 1.82) is 0 Å². The van der Waals surface area contributed by atoms with Gasteiger partial charge in [0.15, 0.2) is 9.84 Å². The number of piperazine rings is 1. The lowest BCUT2D eigenvalue weighted by molar-refractivity contribution is -0.140. The molecule has 5 nitrogen and oxygen atoms in total. The SMILES string of the molecule is CC(C)C(=O)N1CCN(CCCc2ccccc2)[C@@H]2CS(=O)(=O)C[C@@H]21. The highest BCUT2D eigenvalue weighted by atomic mass is 32.2. The average Bonchev–Trinajstić information content (AvgIpc) is 2.90.